The quantitative estimate of drug-likeness (QED) is 0.720. The number of nitrogens with two attached hydrogens (primary N) is 1. The van der Waals surface area contributed by atoms with Crippen molar-refractivity contribution in [2.75, 3.05) is 0 Å². The number of rotatable bonds is 3. The molecular weight excluding hydrogens is 352 g/mol. The van der Waals surface area contributed by atoms with Crippen LogP contribution >= 0.6 is 27.5 Å². The summed E-state index contributed by atoms with van der Waals surface area (Å²) in [6, 6.07) is 15.3. The molecule has 0 aliphatic carbocycles. The van der Waals surface area contributed by atoms with E-state index >= 15 is 0 Å². The molecule has 3 aromatic rings. The number of pyridine rings is 1. The second kappa shape index (κ2) is 6.02. The van der Waals surface area contributed by atoms with Crippen molar-refractivity contribution in [2.45, 2.75) is 6.54 Å². The Hall–Kier alpha value is -1.62. The molecule has 2 aromatic carbocycles. The van der Waals surface area contributed by atoms with Crippen LogP contribution in [0.3, 0.4) is 0 Å². The summed E-state index contributed by atoms with van der Waals surface area (Å²) in [5.74, 6) is 1.06. The van der Waals surface area contributed by atoms with Crippen LogP contribution in [0.15, 0.2) is 53.0 Å². The normalized spacial score (nSPS) is 10.8. The van der Waals surface area contributed by atoms with Crippen molar-refractivity contribution in [3.05, 3.63) is 63.7 Å². The molecule has 3 rings (SSSR count). The van der Waals surface area contributed by atoms with Crippen molar-refractivity contribution in [1.82, 2.24) is 4.98 Å². The molecule has 2 N–H and O–H groups in total. The Labute approximate surface area is 135 Å². The average Bonchev–Trinajstić information content (AvgIpc) is 2.50. The first-order valence-corrected chi connectivity index (χ1v) is 7.56. The summed E-state index contributed by atoms with van der Waals surface area (Å²) >= 11 is 9.58. The van der Waals surface area contributed by atoms with Gasteiger partial charge in [0.2, 0.25) is 5.88 Å². The molecule has 0 bridgehead atoms. The molecule has 5 heteroatoms. The molecule has 1 aromatic heterocycles. The number of ether oxygens (including phenoxy) is 1. The Kier molecular flexibility index (Phi) is 4.10. The zero-order valence-electron chi connectivity index (χ0n) is 11.0. The topological polar surface area (TPSA) is 48.1 Å². The van der Waals surface area contributed by atoms with Crippen molar-refractivity contribution in [2.24, 2.45) is 5.73 Å². The van der Waals surface area contributed by atoms with Crippen molar-refractivity contribution in [3.63, 3.8) is 0 Å². The lowest BCUT2D eigenvalue weighted by Crippen LogP contribution is -2.01. The Morgan fingerprint density at radius 2 is 1.95 bits per heavy atom. The van der Waals surface area contributed by atoms with Gasteiger partial charge in [-0.2, -0.15) is 0 Å². The SMILES string of the molecule is NCc1cc2ccccc2c(Oc2cc(Br)ccc2Cl)n1. The Morgan fingerprint density at radius 3 is 2.76 bits per heavy atom. The molecule has 0 radical (unpaired) electrons. The number of fused-ring (bicyclic) bond motifs is 1. The van der Waals surface area contributed by atoms with Crippen LogP contribution in [0.4, 0.5) is 0 Å². The maximum absolute atomic E-state index is 6.17. The first kappa shape index (κ1) is 14.3. The van der Waals surface area contributed by atoms with Crippen LogP contribution < -0.4 is 10.5 Å². The monoisotopic (exact) mass is 362 g/mol. The largest absolute Gasteiger partial charge is 0.437 e. The van der Waals surface area contributed by atoms with E-state index < -0.39 is 0 Å². The fourth-order valence-corrected chi connectivity index (χ4v) is 2.56. The Morgan fingerprint density at radius 1 is 1.14 bits per heavy atom. The van der Waals surface area contributed by atoms with Crippen LogP contribution in [0.25, 0.3) is 10.8 Å². The second-order valence-electron chi connectivity index (χ2n) is 4.52. The maximum Gasteiger partial charge on any atom is 0.227 e. The van der Waals surface area contributed by atoms with Gasteiger partial charge in [0, 0.05) is 16.4 Å². The predicted molar refractivity (Wildman–Crippen MR) is 88.9 cm³/mol. The van der Waals surface area contributed by atoms with E-state index in [4.69, 9.17) is 22.1 Å². The molecule has 21 heavy (non-hydrogen) atoms. The summed E-state index contributed by atoms with van der Waals surface area (Å²) in [6.45, 7) is 0.355. The summed E-state index contributed by atoms with van der Waals surface area (Å²) in [5.41, 5.74) is 6.48. The van der Waals surface area contributed by atoms with Crippen molar-refractivity contribution in [1.29, 1.82) is 0 Å². The number of hydrogen-bond acceptors (Lipinski definition) is 3. The number of hydrogen-bond donors (Lipinski definition) is 1. The minimum absolute atomic E-state index is 0.355. The van der Waals surface area contributed by atoms with Crippen molar-refractivity contribution in [3.8, 4) is 11.6 Å². The molecule has 0 aliphatic heterocycles. The van der Waals surface area contributed by atoms with Crippen LogP contribution in [-0.4, -0.2) is 4.98 Å². The van der Waals surface area contributed by atoms with Gasteiger partial charge >= 0.3 is 0 Å². The molecular formula is C16H12BrClN2O. The summed E-state index contributed by atoms with van der Waals surface area (Å²) < 4.78 is 6.81. The van der Waals surface area contributed by atoms with E-state index in [-0.39, 0.29) is 0 Å². The third-order valence-corrected chi connectivity index (χ3v) is 3.87. The molecule has 1 heterocycles. The molecule has 0 spiro atoms. The highest BCUT2D eigenvalue weighted by molar-refractivity contribution is 9.10. The van der Waals surface area contributed by atoms with E-state index in [0.717, 1.165) is 20.9 Å². The molecule has 0 saturated carbocycles. The minimum Gasteiger partial charge on any atom is -0.437 e. The van der Waals surface area contributed by atoms with Gasteiger partial charge in [-0.15, -0.1) is 0 Å². The smallest absolute Gasteiger partial charge is 0.227 e. The molecule has 0 fully saturated rings. The highest BCUT2D eigenvalue weighted by atomic mass is 79.9. The van der Waals surface area contributed by atoms with Gasteiger partial charge < -0.3 is 10.5 Å². The van der Waals surface area contributed by atoms with Gasteiger partial charge in [0.1, 0.15) is 5.75 Å². The number of halogens is 2. The lowest BCUT2D eigenvalue weighted by Gasteiger charge is -2.11. The van der Waals surface area contributed by atoms with Gasteiger partial charge in [-0.05, 0) is 35.7 Å². The standard InChI is InChI=1S/C16H12BrClN2O/c17-11-5-6-14(18)15(8-11)21-16-13-4-2-1-3-10(13)7-12(9-19)20-16/h1-8H,9,19H2. The molecule has 0 amide bonds. The first-order chi connectivity index (χ1) is 10.2. The molecule has 0 saturated heterocycles. The number of nitrogens with zero attached hydrogens (tertiary/aromatic N) is 1. The van der Waals surface area contributed by atoms with E-state index in [9.17, 15) is 0 Å². The molecule has 0 unspecified atom stereocenters. The van der Waals surface area contributed by atoms with Gasteiger partial charge in [0.15, 0.2) is 0 Å². The number of benzene rings is 2. The van der Waals surface area contributed by atoms with E-state index in [1.54, 1.807) is 6.07 Å². The van der Waals surface area contributed by atoms with Crippen LogP contribution in [0.1, 0.15) is 5.69 Å². The Balaban J connectivity index is 2.13. The van der Waals surface area contributed by atoms with Crippen LogP contribution in [0, 0.1) is 0 Å². The van der Waals surface area contributed by atoms with Crippen LogP contribution in [0.2, 0.25) is 5.02 Å². The first-order valence-electron chi connectivity index (χ1n) is 6.39. The highest BCUT2D eigenvalue weighted by Gasteiger charge is 2.10. The summed E-state index contributed by atoms with van der Waals surface area (Å²) in [7, 11) is 0. The third kappa shape index (κ3) is 3.02. The van der Waals surface area contributed by atoms with E-state index in [1.807, 2.05) is 42.5 Å². The van der Waals surface area contributed by atoms with E-state index in [2.05, 4.69) is 20.9 Å². The predicted octanol–water partition coefficient (Wildman–Crippen LogP) is 4.90. The van der Waals surface area contributed by atoms with Crippen LogP contribution in [0.5, 0.6) is 11.6 Å². The van der Waals surface area contributed by atoms with Crippen LogP contribution in [-0.2, 0) is 6.54 Å². The summed E-state index contributed by atoms with van der Waals surface area (Å²) in [5, 5.41) is 2.49. The van der Waals surface area contributed by atoms with E-state index in [1.165, 1.54) is 0 Å². The van der Waals surface area contributed by atoms with E-state index in [0.29, 0.717) is 23.2 Å². The second-order valence-corrected chi connectivity index (χ2v) is 5.84. The van der Waals surface area contributed by atoms with Gasteiger partial charge in [0.25, 0.3) is 0 Å². The molecule has 0 atom stereocenters. The zero-order chi connectivity index (χ0) is 14.8. The minimum atomic E-state index is 0.355. The summed E-state index contributed by atoms with van der Waals surface area (Å²) in [6.07, 6.45) is 0. The molecule has 3 nitrogen and oxygen atoms in total. The fraction of sp³-hybridized carbons (Fsp3) is 0.0625. The lowest BCUT2D eigenvalue weighted by molar-refractivity contribution is 0.467. The van der Waals surface area contributed by atoms with Gasteiger partial charge in [0.05, 0.1) is 10.7 Å². The number of aromatic nitrogens is 1. The van der Waals surface area contributed by atoms with Crippen molar-refractivity contribution >= 4 is 38.3 Å². The zero-order valence-corrected chi connectivity index (χ0v) is 13.4. The highest BCUT2D eigenvalue weighted by Crippen LogP contribution is 2.34. The average molecular weight is 364 g/mol. The fourth-order valence-electron chi connectivity index (χ4n) is 2.06. The van der Waals surface area contributed by atoms with Gasteiger partial charge in [-0.1, -0.05) is 45.7 Å². The maximum atomic E-state index is 6.17. The molecule has 106 valence electrons. The summed E-state index contributed by atoms with van der Waals surface area (Å²) in [4.78, 5) is 4.46. The molecule has 0 aliphatic rings. The Bertz CT molecular complexity index is 807. The van der Waals surface area contributed by atoms with Crippen molar-refractivity contribution < 1.29 is 4.74 Å². The third-order valence-electron chi connectivity index (χ3n) is 3.07. The lowest BCUT2D eigenvalue weighted by atomic mass is 10.1. The van der Waals surface area contributed by atoms with Gasteiger partial charge in [-0.25, -0.2) is 4.98 Å². The van der Waals surface area contributed by atoms with Gasteiger partial charge in [-0.3, -0.25) is 0 Å².